The molecule has 0 atom stereocenters. The number of nitrogens with zero attached hydrogens (tertiary/aromatic N) is 5. The van der Waals surface area contributed by atoms with Gasteiger partial charge in [0.15, 0.2) is 16.1 Å². The van der Waals surface area contributed by atoms with Gasteiger partial charge in [-0.15, -0.1) is 0 Å². The van der Waals surface area contributed by atoms with Gasteiger partial charge in [-0.25, -0.2) is 0 Å². The van der Waals surface area contributed by atoms with Crippen molar-refractivity contribution in [2.45, 2.75) is 157 Å². The number of aromatic nitrogens is 2. The van der Waals surface area contributed by atoms with Gasteiger partial charge in [0.05, 0.1) is 27.8 Å². The van der Waals surface area contributed by atoms with E-state index in [1.807, 2.05) is 0 Å². The van der Waals surface area contributed by atoms with Gasteiger partial charge in [0.25, 0.3) is 6.71 Å². The van der Waals surface area contributed by atoms with Crippen LogP contribution in [-0.2, 0) is 32.5 Å². The van der Waals surface area contributed by atoms with Gasteiger partial charge in [-0.2, -0.15) is 0 Å². The van der Waals surface area contributed by atoms with Crippen LogP contribution < -0.4 is 72.6 Å². The lowest BCUT2D eigenvalue weighted by Crippen LogP contribution is -2.75. The van der Waals surface area contributed by atoms with Crippen LogP contribution in [0.15, 0.2) is 400 Å². The van der Waals surface area contributed by atoms with Crippen molar-refractivity contribution in [1.29, 1.82) is 0 Å². The van der Waals surface area contributed by atoms with E-state index in [-0.39, 0.29) is 39.2 Å². The molecule has 0 unspecified atom stereocenters. The Labute approximate surface area is 795 Å². The van der Waals surface area contributed by atoms with E-state index in [2.05, 4.69) is 549 Å². The van der Waals surface area contributed by atoms with Crippen molar-refractivity contribution in [3.05, 3.63) is 434 Å². The van der Waals surface area contributed by atoms with Crippen LogP contribution in [0.2, 0.25) is 0 Å². The topological polar surface area (TPSA) is 19.6 Å². The van der Waals surface area contributed by atoms with Crippen molar-refractivity contribution in [3.8, 4) is 11.4 Å². The van der Waals surface area contributed by atoms with E-state index < -0.39 is 16.1 Å². The van der Waals surface area contributed by atoms with Gasteiger partial charge < -0.3 is 23.8 Å². The van der Waals surface area contributed by atoms with Gasteiger partial charge >= 0.3 is 0 Å². The van der Waals surface area contributed by atoms with Crippen molar-refractivity contribution in [3.63, 3.8) is 0 Å². The highest BCUT2D eigenvalue weighted by Gasteiger charge is 2.50. The summed E-state index contributed by atoms with van der Waals surface area (Å²) in [5.74, 6) is 0. The number of hydrogen-bond acceptors (Lipinski definition) is 3. The summed E-state index contributed by atoms with van der Waals surface area (Å²) in [6.07, 6.45) is 0. The van der Waals surface area contributed by atoms with Gasteiger partial charge in [0, 0.05) is 78.4 Å². The minimum absolute atomic E-state index is 0.0572. The van der Waals surface area contributed by atoms with Crippen LogP contribution in [0.25, 0.3) is 55.0 Å². The number of rotatable bonds is 15. The molecule has 17 aromatic carbocycles. The van der Waals surface area contributed by atoms with E-state index in [0.717, 1.165) is 62.6 Å². The lowest BCUT2D eigenvalue weighted by molar-refractivity contribution is 0.590. The largest absolute Gasteiger partial charge is 0.311 e. The number of hydrogen-bond donors (Lipinski definition) is 0. The molecule has 0 saturated carbocycles. The third kappa shape index (κ3) is 14.7. The Morgan fingerprint density at radius 3 is 0.687 bits per heavy atom. The zero-order valence-corrected chi connectivity index (χ0v) is 82.9. The summed E-state index contributed by atoms with van der Waals surface area (Å²) in [5, 5.41) is 15.5. The molecule has 134 heavy (non-hydrogen) atoms. The van der Waals surface area contributed by atoms with Crippen LogP contribution in [0, 0.1) is 0 Å². The first-order valence-electron chi connectivity index (χ1n) is 48.1. The SMILES string of the molecule is CC(C)(C)c1ccc(N(c2ccc(C(C)(C)C)cc2)c2cc3c4c(c2)N(c2ccc(-n5c6ccc(C(C)(C)C)cc6c6cc(C(C)(C)C)ccc65)cc2)c2cc([Si](c5ccccc5)(c5ccccc5)c5ccccc5)ccc2B4c2ccc([Si](c4ccccc4)(c4ccccc4)c4ccccc4)cc2N3c2ccc(-n3c4ccc(C(C)(C)C)cc4c4cc(C(C)(C)C)ccc43)cc2)cc1. The average molecular weight is 1770 g/mol. The minimum atomic E-state index is -3.27. The second-order valence-electron chi connectivity index (χ2n) is 43.8. The predicted molar refractivity (Wildman–Crippen MR) is 583 cm³/mol. The van der Waals surface area contributed by atoms with Crippen molar-refractivity contribution >= 4 is 176 Å². The zero-order valence-electron chi connectivity index (χ0n) is 80.9. The molecule has 4 heterocycles. The lowest BCUT2D eigenvalue weighted by atomic mass is 9.33. The molecule has 5 nitrogen and oxygen atoms in total. The van der Waals surface area contributed by atoms with E-state index in [9.17, 15) is 0 Å². The highest BCUT2D eigenvalue weighted by atomic mass is 28.3. The van der Waals surface area contributed by atoms with Crippen LogP contribution in [0.5, 0.6) is 0 Å². The molecule has 2 aromatic heterocycles. The van der Waals surface area contributed by atoms with Crippen LogP contribution in [0.1, 0.15) is 158 Å². The average Bonchev–Trinajstić information content (AvgIpc) is 0.899. The Morgan fingerprint density at radius 1 is 0.201 bits per heavy atom. The van der Waals surface area contributed by atoms with Crippen LogP contribution >= 0.6 is 0 Å². The Bertz CT molecular complexity index is 6890. The monoisotopic (exact) mass is 1770 g/mol. The number of anilines is 9. The molecule has 2 aliphatic heterocycles. The summed E-state index contributed by atoms with van der Waals surface area (Å²) in [6.45, 7) is 41.6. The Kier molecular flexibility index (Phi) is 21.1. The molecule has 21 rings (SSSR count). The highest BCUT2D eigenvalue weighted by molar-refractivity contribution is 7.20. The molecule has 0 aliphatic carbocycles. The molecule has 0 amide bonds. The summed E-state index contributed by atoms with van der Waals surface area (Å²) >= 11 is 0. The van der Waals surface area contributed by atoms with E-state index in [4.69, 9.17) is 0 Å². The molecule has 0 radical (unpaired) electrons. The van der Waals surface area contributed by atoms with E-state index in [1.165, 1.54) is 135 Å². The van der Waals surface area contributed by atoms with Gasteiger partial charge in [-0.05, 0) is 269 Å². The number of fused-ring (bicyclic) bond motifs is 10. The van der Waals surface area contributed by atoms with E-state index >= 15 is 0 Å². The second kappa shape index (κ2) is 32.6. The molecule has 0 spiro atoms. The smallest absolute Gasteiger partial charge is 0.252 e. The van der Waals surface area contributed by atoms with Crippen LogP contribution in [0.4, 0.5) is 51.2 Å². The summed E-state index contributed by atoms with van der Waals surface area (Å²) in [6, 6.07) is 157. The van der Waals surface area contributed by atoms with Crippen LogP contribution in [-0.4, -0.2) is 32.0 Å². The Balaban J connectivity index is 0.901. The van der Waals surface area contributed by atoms with E-state index in [1.54, 1.807) is 0 Å². The minimum Gasteiger partial charge on any atom is -0.311 e. The molecule has 19 aromatic rings. The number of benzene rings is 17. The molecular formula is C126H120BN5Si2. The summed E-state index contributed by atoms with van der Waals surface area (Å²) in [4.78, 5) is 7.94. The molecule has 0 N–H and O–H groups in total. The first-order valence-corrected chi connectivity index (χ1v) is 52.1. The molecule has 2 aliphatic rings. The molecule has 8 heteroatoms. The fourth-order valence-electron chi connectivity index (χ4n) is 21.9. The normalized spacial score (nSPS) is 13.3. The Hall–Kier alpha value is -13.8. The van der Waals surface area contributed by atoms with Crippen LogP contribution in [0.3, 0.4) is 0 Å². The Morgan fingerprint density at radius 2 is 0.440 bits per heavy atom. The van der Waals surface area contributed by atoms with Gasteiger partial charge in [-0.1, -0.05) is 379 Å². The molecular weight excluding hydrogens is 1650 g/mol. The summed E-state index contributed by atoms with van der Waals surface area (Å²) in [5.41, 5.74) is 27.7. The molecule has 0 bridgehead atoms. The fraction of sp³-hybridized carbons (Fsp3) is 0.190. The lowest BCUT2D eigenvalue weighted by Gasteiger charge is -2.46. The van der Waals surface area contributed by atoms with Crippen molar-refractivity contribution in [1.82, 2.24) is 9.13 Å². The maximum atomic E-state index is 2.69. The third-order valence-electron chi connectivity index (χ3n) is 29.1. The maximum Gasteiger partial charge on any atom is 0.252 e. The summed E-state index contributed by atoms with van der Waals surface area (Å²) < 4.78 is 5.04. The quantitative estimate of drug-likeness (QED) is 0.0753. The van der Waals surface area contributed by atoms with E-state index in [0.29, 0.717) is 0 Å². The first kappa shape index (κ1) is 86.9. The third-order valence-corrected chi connectivity index (χ3v) is 38.7. The fourth-order valence-corrected chi connectivity index (χ4v) is 31.4. The van der Waals surface area contributed by atoms with Gasteiger partial charge in [-0.3, -0.25) is 0 Å². The maximum absolute atomic E-state index is 3.27. The molecule has 660 valence electrons. The zero-order chi connectivity index (χ0) is 92.9. The standard InChI is InChI=1S/C126H120BN5Si2/c1-121(2,3)85-49-57-91(58-50-85)128(92-59-51-86(52-60-92)122(4,5)6)97-81-118-120-119(82-97)132(96-67-63-94(64-68-96)130-114-75-55-89(125(13,14)15)79-108(114)109-80-90(126(16,17)18)56-76-115(109)130)117-84-105(134(101-43-31-22-32-44-101,102-45-33-23-34-46-102)103-47-35-24-36-48-103)70-72-111(117)127(120)110-71-69-104(133(98-37-25-19-26-38-98,99-39-27-20-28-40-99)100-41-29-21-30-42-100)83-116(110)131(118)95-65-61-93(62-66-95)129-112-73-53-87(123(7,8)9)77-106(112)107-78-88(124(10,11)12)54-74-113(107)129/h19-84H,1-18H3. The molecule has 0 fully saturated rings. The van der Waals surface area contributed by atoms with Gasteiger partial charge in [0.1, 0.15) is 0 Å². The predicted octanol–water partition coefficient (Wildman–Crippen LogP) is 26.0. The van der Waals surface area contributed by atoms with Crippen molar-refractivity contribution in [2.24, 2.45) is 0 Å². The van der Waals surface area contributed by atoms with Gasteiger partial charge in [0.2, 0.25) is 0 Å². The first-order chi connectivity index (χ1) is 64.2. The highest BCUT2D eigenvalue weighted by Crippen LogP contribution is 2.51. The van der Waals surface area contributed by atoms with Crippen molar-refractivity contribution in [2.75, 3.05) is 14.7 Å². The van der Waals surface area contributed by atoms with Crippen molar-refractivity contribution < 1.29 is 0 Å². The summed E-state index contributed by atoms with van der Waals surface area (Å²) in [7, 11) is -6.53. The molecule has 0 saturated heterocycles. The second-order valence-corrected chi connectivity index (χ2v) is 51.4.